The zero-order valence-corrected chi connectivity index (χ0v) is 12.8. The maximum atomic E-state index is 12.1. The van der Waals surface area contributed by atoms with Crippen LogP contribution in [0.3, 0.4) is 0 Å². The standard InChI is InChI=1S/C16H20N4O/c1-10(2)19-16-17-8-13(9-18-16)15(21)20-14-6-5-11(3)12(4)7-14/h5-10H,1-4H3,(H,20,21)(H,17,18,19). The lowest BCUT2D eigenvalue weighted by Gasteiger charge is -2.09. The molecule has 21 heavy (non-hydrogen) atoms. The van der Waals surface area contributed by atoms with E-state index in [0.717, 1.165) is 11.3 Å². The number of carbonyl (C=O) groups is 1. The number of hydrogen-bond acceptors (Lipinski definition) is 4. The molecule has 2 N–H and O–H groups in total. The van der Waals surface area contributed by atoms with Crippen LogP contribution in [0.15, 0.2) is 30.6 Å². The highest BCUT2D eigenvalue weighted by Gasteiger charge is 2.08. The van der Waals surface area contributed by atoms with Crippen LogP contribution >= 0.6 is 0 Å². The molecule has 0 aliphatic heterocycles. The van der Waals surface area contributed by atoms with E-state index in [2.05, 4.69) is 20.6 Å². The largest absolute Gasteiger partial charge is 0.352 e. The SMILES string of the molecule is Cc1ccc(NC(=O)c2cnc(NC(C)C)nc2)cc1C. The number of rotatable bonds is 4. The van der Waals surface area contributed by atoms with Crippen molar-refractivity contribution in [1.82, 2.24) is 9.97 Å². The molecule has 0 aliphatic rings. The summed E-state index contributed by atoms with van der Waals surface area (Å²) in [6.07, 6.45) is 3.04. The summed E-state index contributed by atoms with van der Waals surface area (Å²) in [4.78, 5) is 20.4. The van der Waals surface area contributed by atoms with E-state index in [4.69, 9.17) is 0 Å². The van der Waals surface area contributed by atoms with E-state index in [1.165, 1.54) is 18.0 Å². The first-order valence-electron chi connectivity index (χ1n) is 6.93. The molecule has 1 aromatic carbocycles. The van der Waals surface area contributed by atoms with Gasteiger partial charge in [0.1, 0.15) is 0 Å². The van der Waals surface area contributed by atoms with Crippen LogP contribution < -0.4 is 10.6 Å². The van der Waals surface area contributed by atoms with E-state index in [1.54, 1.807) is 0 Å². The number of benzene rings is 1. The van der Waals surface area contributed by atoms with Crippen LogP contribution in [0.5, 0.6) is 0 Å². The first-order chi connectivity index (χ1) is 9.95. The zero-order valence-electron chi connectivity index (χ0n) is 12.8. The Morgan fingerprint density at radius 3 is 2.33 bits per heavy atom. The van der Waals surface area contributed by atoms with Crippen LogP contribution in [0.4, 0.5) is 11.6 Å². The Morgan fingerprint density at radius 2 is 1.76 bits per heavy atom. The number of aryl methyl sites for hydroxylation is 2. The highest BCUT2D eigenvalue weighted by atomic mass is 16.1. The lowest BCUT2D eigenvalue weighted by molar-refractivity contribution is 0.102. The summed E-state index contributed by atoms with van der Waals surface area (Å²) < 4.78 is 0. The van der Waals surface area contributed by atoms with Crippen molar-refractivity contribution in [1.29, 1.82) is 0 Å². The number of anilines is 2. The van der Waals surface area contributed by atoms with Gasteiger partial charge in [0, 0.05) is 24.1 Å². The summed E-state index contributed by atoms with van der Waals surface area (Å²) >= 11 is 0. The molecule has 0 radical (unpaired) electrons. The quantitative estimate of drug-likeness (QED) is 0.905. The number of carbonyl (C=O) groups excluding carboxylic acids is 1. The second-order valence-corrected chi connectivity index (χ2v) is 5.35. The van der Waals surface area contributed by atoms with Crippen LogP contribution in [0.25, 0.3) is 0 Å². The Bertz CT molecular complexity index is 635. The molecule has 0 saturated carbocycles. The molecule has 5 nitrogen and oxygen atoms in total. The fourth-order valence-electron chi connectivity index (χ4n) is 1.80. The van der Waals surface area contributed by atoms with Crippen molar-refractivity contribution in [3.05, 3.63) is 47.3 Å². The minimum absolute atomic E-state index is 0.214. The Hall–Kier alpha value is -2.43. The molecule has 1 aromatic heterocycles. The molecule has 1 amide bonds. The van der Waals surface area contributed by atoms with Gasteiger partial charge >= 0.3 is 0 Å². The summed E-state index contributed by atoms with van der Waals surface area (Å²) in [6.45, 7) is 8.06. The van der Waals surface area contributed by atoms with E-state index in [-0.39, 0.29) is 11.9 Å². The second kappa shape index (κ2) is 6.35. The third-order valence-electron chi connectivity index (χ3n) is 3.10. The molecule has 0 bridgehead atoms. The van der Waals surface area contributed by atoms with Gasteiger partial charge in [-0.2, -0.15) is 0 Å². The minimum Gasteiger partial charge on any atom is -0.352 e. The van der Waals surface area contributed by atoms with Gasteiger partial charge in [0.2, 0.25) is 5.95 Å². The molecule has 2 rings (SSSR count). The second-order valence-electron chi connectivity index (χ2n) is 5.35. The summed E-state index contributed by atoms with van der Waals surface area (Å²) in [5.74, 6) is 0.307. The third-order valence-corrected chi connectivity index (χ3v) is 3.10. The summed E-state index contributed by atoms with van der Waals surface area (Å²) in [7, 11) is 0. The molecule has 2 aromatic rings. The molecule has 0 unspecified atom stereocenters. The molecule has 1 heterocycles. The lowest BCUT2D eigenvalue weighted by atomic mass is 10.1. The predicted octanol–water partition coefficient (Wildman–Crippen LogP) is 3.17. The summed E-state index contributed by atoms with van der Waals surface area (Å²) in [5, 5.41) is 5.93. The number of nitrogens with zero attached hydrogens (tertiary/aromatic N) is 2. The van der Waals surface area contributed by atoms with Crippen molar-refractivity contribution in [2.75, 3.05) is 10.6 Å². The van der Waals surface area contributed by atoms with E-state index in [0.29, 0.717) is 11.5 Å². The Balaban J connectivity index is 2.07. The molecule has 0 fully saturated rings. The molecule has 0 saturated heterocycles. The van der Waals surface area contributed by atoms with Gasteiger partial charge in [-0.3, -0.25) is 4.79 Å². The molecule has 110 valence electrons. The van der Waals surface area contributed by atoms with Gasteiger partial charge in [0.05, 0.1) is 5.56 Å². The summed E-state index contributed by atoms with van der Waals surface area (Å²) in [6, 6.07) is 6.07. The monoisotopic (exact) mass is 284 g/mol. The summed E-state index contributed by atoms with van der Waals surface area (Å²) in [5.41, 5.74) is 3.54. The maximum absolute atomic E-state index is 12.1. The van der Waals surface area contributed by atoms with E-state index in [1.807, 2.05) is 45.9 Å². The van der Waals surface area contributed by atoms with Crippen LogP contribution in [-0.2, 0) is 0 Å². The number of nitrogens with one attached hydrogen (secondary N) is 2. The zero-order chi connectivity index (χ0) is 15.4. The van der Waals surface area contributed by atoms with Gasteiger partial charge < -0.3 is 10.6 Å². The van der Waals surface area contributed by atoms with E-state index < -0.39 is 0 Å². The van der Waals surface area contributed by atoms with Gasteiger partial charge in [0.15, 0.2) is 0 Å². The fraction of sp³-hybridized carbons (Fsp3) is 0.312. The maximum Gasteiger partial charge on any atom is 0.258 e. The van der Waals surface area contributed by atoms with Crippen LogP contribution in [0, 0.1) is 13.8 Å². The fourth-order valence-corrected chi connectivity index (χ4v) is 1.80. The Morgan fingerprint density at radius 1 is 1.10 bits per heavy atom. The number of amides is 1. The number of aromatic nitrogens is 2. The van der Waals surface area contributed by atoms with Crippen LogP contribution in [0.1, 0.15) is 35.3 Å². The van der Waals surface area contributed by atoms with Crippen molar-refractivity contribution in [3.8, 4) is 0 Å². The lowest BCUT2D eigenvalue weighted by Crippen LogP contribution is -2.15. The topological polar surface area (TPSA) is 66.9 Å². The molecule has 5 heteroatoms. The normalized spacial score (nSPS) is 10.5. The van der Waals surface area contributed by atoms with Gasteiger partial charge in [-0.1, -0.05) is 6.07 Å². The molecular weight excluding hydrogens is 264 g/mol. The van der Waals surface area contributed by atoms with Gasteiger partial charge in [0.25, 0.3) is 5.91 Å². The molecular formula is C16H20N4O. The average molecular weight is 284 g/mol. The van der Waals surface area contributed by atoms with Gasteiger partial charge in [-0.05, 0) is 51.0 Å². The highest BCUT2D eigenvalue weighted by Crippen LogP contribution is 2.15. The average Bonchev–Trinajstić information content (AvgIpc) is 2.43. The van der Waals surface area contributed by atoms with Crippen molar-refractivity contribution >= 4 is 17.5 Å². The van der Waals surface area contributed by atoms with E-state index in [9.17, 15) is 4.79 Å². The van der Waals surface area contributed by atoms with Crippen LogP contribution in [-0.4, -0.2) is 21.9 Å². The van der Waals surface area contributed by atoms with Crippen molar-refractivity contribution in [2.24, 2.45) is 0 Å². The molecule has 0 atom stereocenters. The van der Waals surface area contributed by atoms with Crippen LogP contribution in [0.2, 0.25) is 0 Å². The highest BCUT2D eigenvalue weighted by molar-refractivity contribution is 6.03. The minimum atomic E-state index is -0.214. The van der Waals surface area contributed by atoms with Crippen molar-refractivity contribution < 1.29 is 4.79 Å². The third kappa shape index (κ3) is 4.02. The Labute approximate surface area is 124 Å². The smallest absolute Gasteiger partial charge is 0.258 e. The van der Waals surface area contributed by atoms with Crippen molar-refractivity contribution in [2.45, 2.75) is 33.7 Å². The van der Waals surface area contributed by atoms with E-state index >= 15 is 0 Å². The Kier molecular flexibility index (Phi) is 4.52. The van der Waals surface area contributed by atoms with Crippen molar-refractivity contribution in [3.63, 3.8) is 0 Å². The predicted molar refractivity (Wildman–Crippen MR) is 84.7 cm³/mol. The number of hydrogen-bond donors (Lipinski definition) is 2. The first kappa shape index (κ1) is 15.0. The van der Waals surface area contributed by atoms with Gasteiger partial charge in [-0.15, -0.1) is 0 Å². The molecule has 0 aliphatic carbocycles. The first-order valence-corrected chi connectivity index (χ1v) is 6.93. The molecule has 0 spiro atoms. The van der Waals surface area contributed by atoms with Gasteiger partial charge in [-0.25, -0.2) is 9.97 Å².